The van der Waals surface area contributed by atoms with E-state index in [1.54, 1.807) is 37.5 Å². The Morgan fingerprint density at radius 1 is 1.07 bits per heavy atom. The molecule has 0 unspecified atom stereocenters. The van der Waals surface area contributed by atoms with E-state index in [2.05, 4.69) is 5.32 Å². The van der Waals surface area contributed by atoms with Gasteiger partial charge in [-0.1, -0.05) is 12.1 Å². The van der Waals surface area contributed by atoms with Gasteiger partial charge in [-0.3, -0.25) is 9.59 Å². The molecule has 0 fully saturated rings. The largest absolute Gasteiger partial charge is 0.497 e. The first-order valence-electron chi connectivity index (χ1n) is 8.57. The highest BCUT2D eigenvalue weighted by Crippen LogP contribution is 2.12. The lowest BCUT2D eigenvalue weighted by molar-refractivity contribution is -0.145. The maximum atomic E-state index is 13.1. The second-order valence-corrected chi connectivity index (χ2v) is 6.00. The van der Waals surface area contributed by atoms with Gasteiger partial charge in [0.05, 0.1) is 7.11 Å². The van der Waals surface area contributed by atoms with Gasteiger partial charge in [0.1, 0.15) is 11.8 Å². The Balaban J connectivity index is 1.82. The fourth-order valence-electron chi connectivity index (χ4n) is 2.22. The van der Waals surface area contributed by atoms with Crippen LogP contribution in [0.5, 0.6) is 5.75 Å². The van der Waals surface area contributed by atoms with E-state index in [1.807, 2.05) is 0 Å². The molecule has 0 saturated carbocycles. The number of ether oxygens (including phenoxy) is 2. The van der Waals surface area contributed by atoms with Gasteiger partial charge in [0.2, 0.25) is 5.91 Å². The van der Waals surface area contributed by atoms with Crippen molar-refractivity contribution in [2.75, 3.05) is 13.7 Å². The summed E-state index contributed by atoms with van der Waals surface area (Å²) in [7, 11) is 1.55. The molecule has 0 aliphatic heterocycles. The normalized spacial score (nSPS) is 11.7. The average Bonchev–Trinajstić information content (AvgIpc) is 2.72. The van der Waals surface area contributed by atoms with E-state index in [9.17, 15) is 23.2 Å². The van der Waals surface area contributed by atoms with E-state index in [0.29, 0.717) is 5.75 Å². The molecule has 8 heteroatoms. The Hall–Kier alpha value is -3.55. The number of benzene rings is 2. The summed E-state index contributed by atoms with van der Waals surface area (Å²) < 4.78 is 35.9. The van der Waals surface area contributed by atoms with Gasteiger partial charge in [0.15, 0.2) is 24.0 Å². The maximum Gasteiger partial charge on any atom is 0.328 e. The number of halogens is 2. The van der Waals surface area contributed by atoms with Crippen LogP contribution in [0.2, 0.25) is 0 Å². The highest BCUT2D eigenvalue weighted by molar-refractivity contribution is 5.98. The van der Waals surface area contributed by atoms with Crippen molar-refractivity contribution in [1.82, 2.24) is 5.32 Å². The molecule has 2 aromatic carbocycles. The summed E-state index contributed by atoms with van der Waals surface area (Å²) in [6.07, 6.45) is 2.80. The molecule has 0 saturated heterocycles. The molecule has 1 atom stereocenters. The second-order valence-electron chi connectivity index (χ2n) is 6.00. The fourth-order valence-corrected chi connectivity index (χ4v) is 2.22. The highest BCUT2D eigenvalue weighted by atomic mass is 19.2. The van der Waals surface area contributed by atoms with Crippen LogP contribution in [0.4, 0.5) is 8.78 Å². The van der Waals surface area contributed by atoms with Gasteiger partial charge >= 0.3 is 5.97 Å². The van der Waals surface area contributed by atoms with Crippen molar-refractivity contribution >= 4 is 23.7 Å². The fraction of sp³-hybridized carbons (Fsp3) is 0.190. The predicted octanol–water partition coefficient (Wildman–Crippen LogP) is 2.92. The molecule has 2 rings (SSSR count). The van der Waals surface area contributed by atoms with Crippen molar-refractivity contribution in [3.8, 4) is 5.75 Å². The molecular formula is C21H19F2NO5. The van der Waals surface area contributed by atoms with Crippen molar-refractivity contribution in [2.45, 2.75) is 13.0 Å². The number of Topliss-reactive ketones (excluding diaryl/α,β-unsaturated/α-hetero) is 1. The van der Waals surface area contributed by atoms with Gasteiger partial charge in [-0.25, -0.2) is 13.6 Å². The molecule has 2 aromatic rings. The molecule has 0 heterocycles. The maximum absolute atomic E-state index is 13.1. The van der Waals surface area contributed by atoms with Crippen LogP contribution in [-0.2, 0) is 14.3 Å². The third-order valence-electron chi connectivity index (χ3n) is 3.84. The molecule has 1 amide bonds. The van der Waals surface area contributed by atoms with E-state index in [1.165, 1.54) is 13.0 Å². The summed E-state index contributed by atoms with van der Waals surface area (Å²) in [6.45, 7) is 0.731. The van der Waals surface area contributed by atoms with Crippen LogP contribution in [-0.4, -0.2) is 37.4 Å². The molecule has 0 aromatic heterocycles. The number of amides is 1. The van der Waals surface area contributed by atoms with Crippen molar-refractivity contribution in [1.29, 1.82) is 0 Å². The van der Waals surface area contributed by atoms with Crippen LogP contribution in [0.1, 0.15) is 22.8 Å². The van der Waals surface area contributed by atoms with E-state index in [-0.39, 0.29) is 5.56 Å². The third kappa shape index (κ3) is 6.53. The molecule has 0 aliphatic rings. The summed E-state index contributed by atoms with van der Waals surface area (Å²) >= 11 is 0. The Morgan fingerprint density at radius 2 is 1.76 bits per heavy atom. The lowest BCUT2D eigenvalue weighted by Crippen LogP contribution is -2.39. The van der Waals surface area contributed by atoms with Crippen LogP contribution in [0.3, 0.4) is 0 Å². The van der Waals surface area contributed by atoms with E-state index in [0.717, 1.165) is 23.8 Å². The first kappa shape index (κ1) is 21.7. The minimum absolute atomic E-state index is 0.129. The summed E-state index contributed by atoms with van der Waals surface area (Å²) in [5, 5.41) is 2.41. The molecule has 0 bridgehead atoms. The monoisotopic (exact) mass is 403 g/mol. The van der Waals surface area contributed by atoms with Crippen LogP contribution < -0.4 is 10.1 Å². The zero-order chi connectivity index (χ0) is 21.4. The molecule has 6 nitrogen and oxygen atoms in total. The second kappa shape index (κ2) is 10.1. The third-order valence-corrected chi connectivity index (χ3v) is 3.84. The van der Waals surface area contributed by atoms with Crippen molar-refractivity contribution < 1.29 is 32.6 Å². The van der Waals surface area contributed by atoms with E-state index < -0.39 is 41.9 Å². The van der Waals surface area contributed by atoms with Crippen molar-refractivity contribution in [3.63, 3.8) is 0 Å². The zero-order valence-electron chi connectivity index (χ0n) is 15.8. The first-order chi connectivity index (χ1) is 13.8. The lowest BCUT2D eigenvalue weighted by Gasteiger charge is -2.12. The minimum Gasteiger partial charge on any atom is -0.497 e. The first-order valence-corrected chi connectivity index (χ1v) is 8.57. The number of hydrogen-bond donors (Lipinski definition) is 1. The number of esters is 1. The molecule has 29 heavy (non-hydrogen) atoms. The molecule has 1 N–H and O–H groups in total. The Bertz CT molecular complexity index is 925. The predicted molar refractivity (Wildman–Crippen MR) is 101 cm³/mol. The highest BCUT2D eigenvalue weighted by Gasteiger charge is 2.18. The molecular weight excluding hydrogens is 384 g/mol. The Labute approximate surface area is 166 Å². The summed E-state index contributed by atoms with van der Waals surface area (Å²) in [5.41, 5.74) is 0.629. The quantitative estimate of drug-likeness (QED) is 0.416. The number of carbonyl (C=O) groups is 3. The lowest BCUT2D eigenvalue weighted by atomic mass is 10.1. The Morgan fingerprint density at radius 3 is 2.38 bits per heavy atom. The molecule has 152 valence electrons. The van der Waals surface area contributed by atoms with Crippen LogP contribution >= 0.6 is 0 Å². The van der Waals surface area contributed by atoms with Crippen molar-refractivity contribution in [3.05, 3.63) is 71.3 Å². The zero-order valence-corrected chi connectivity index (χ0v) is 15.8. The van der Waals surface area contributed by atoms with Gasteiger partial charge < -0.3 is 14.8 Å². The topological polar surface area (TPSA) is 81.7 Å². The summed E-state index contributed by atoms with van der Waals surface area (Å²) in [4.78, 5) is 35.7. The van der Waals surface area contributed by atoms with Gasteiger partial charge in [-0.15, -0.1) is 0 Å². The number of rotatable bonds is 8. The molecule has 0 radical (unpaired) electrons. The molecule has 0 spiro atoms. The van der Waals surface area contributed by atoms with Gasteiger partial charge in [0.25, 0.3) is 0 Å². The molecule has 0 aliphatic carbocycles. The number of carbonyl (C=O) groups excluding carboxylic acids is 3. The van der Waals surface area contributed by atoms with Crippen molar-refractivity contribution in [2.24, 2.45) is 0 Å². The smallest absolute Gasteiger partial charge is 0.328 e. The van der Waals surface area contributed by atoms with Crippen LogP contribution in [0, 0.1) is 11.6 Å². The number of methoxy groups -OCH3 is 1. The van der Waals surface area contributed by atoms with Gasteiger partial charge in [-0.2, -0.15) is 0 Å². The van der Waals surface area contributed by atoms with Crippen LogP contribution in [0.25, 0.3) is 6.08 Å². The summed E-state index contributed by atoms with van der Waals surface area (Å²) in [6, 6.07) is 8.59. The number of hydrogen-bond acceptors (Lipinski definition) is 5. The standard InChI is InChI=1S/C21H19F2NO5/c1-13(24-20(26)10-5-14-3-7-16(28-2)8-4-14)21(27)29-12-19(25)15-6-9-17(22)18(23)11-15/h3-11,13H,12H2,1-2H3,(H,24,26)/b10-5+/t13-/m0/s1. The number of ketones is 1. The Kier molecular flexibility index (Phi) is 7.59. The number of nitrogens with one attached hydrogen (secondary N) is 1. The minimum atomic E-state index is -1.17. The SMILES string of the molecule is COc1ccc(/C=C/C(=O)N[C@@H](C)C(=O)OCC(=O)c2ccc(F)c(F)c2)cc1. The van der Waals surface area contributed by atoms with E-state index in [4.69, 9.17) is 9.47 Å². The summed E-state index contributed by atoms with van der Waals surface area (Å²) in [5.74, 6) is -3.65. The van der Waals surface area contributed by atoms with Gasteiger partial charge in [-0.05, 0) is 48.9 Å². The van der Waals surface area contributed by atoms with Crippen LogP contribution in [0.15, 0.2) is 48.5 Å². The van der Waals surface area contributed by atoms with Gasteiger partial charge in [0, 0.05) is 11.6 Å². The van der Waals surface area contributed by atoms with E-state index >= 15 is 0 Å². The average molecular weight is 403 g/mol.